The third-order valence-corrected chi connectivity index (χ3v) is 4.53. The van der Waals surface area contributed by atoms with Crippen molar-refractivity contribution in [1.82, 2.24) is 15.2 Å². The normalized spacial score (nSPS) is 11.7. The van der Waals surface area contributed by atoms with Gasteiger partial charge in [0.2, 0.25) is 0 Å². The van der Waals surface area contributed by atoms with Crippen molar-refractivity contribution in [2.24, 2.45) is 5.10 Å². The Morgan fingerprint density at radius 3 is 2.68 bits per heavy atom. The summed E-state index contributed by atoms with van der Waals surface area (Å²) >= 11 is 6.27. The van der Waals surface area contributed by atoms with Crippen LogP contribution in [0.1, 0.15) is 16.8 Å². The molecule has 0 aliphatic rings. The molecular formula is C20H16ClF4N5O. The van der Waals surface area contributed by atoms with Gasteiger partial charge in [0, 0.05) is 0 Å². The number of hydrazone groups is 1. The lowest BCUT2D eigenvalue weighted by molar-refractivity contribution is -0.137. The number of halogens is 5. The van der Waals surface area contributed by atoms with Gasteiger partial charge in [0.1, 0.15) is 11.0 Å². The van der Waals surface area contributed by atoms with Crippen molar-refractivity contribution in [2.75, 3.05) is 11.9 Å². The molecule has 0 saturated heterocycles. The van der Waals surface area contributed by atoms with Gasteiger partial charge in [-0.05, 0) is 37.3 Å². The van der Waals surface area contributed by atoms with Crippen LogP contribution >= 0.6 is 11.6 Å². The summed E-state index contributed by atoms with van der Waals surface area (Å²) in [5.74, 6) is -1.04. The molecule has 1 heterocycles. The maximum atomic E-state index is 13.5. The van der Waals surface area contributed by atoms with Crippen LogP contribution in [0.2, 0.25) is 5.15 Å². The minimum absolute atomic E-state index is 0.0271. The number of para-hydroxylation sites is 1. The minimum Gasteiger partial charge on any atom is -0.374 e. The number of carbonyl (C=O) groups is 1. The topological polar surface area (TPSA) is 71.3 Å². The van der Waals surface area contributed by atoms with Crippen molar-refractivity contribution in [3.63, 3.8) is 0 Å². The van der Waals surface area contributed by atoms with Gasteiger partial charge >= 0.3 is 6.18 Å². The first-order valence-corrected chi connectivity index (χ1v) is 9.27. The van der Waals surface area contributed by atoms with Crippen molar-refractivity contribution in [1.29, 1.82) is 0 Å². The third kappa shape index (κ3) is 5.40. The molecule has 0 saturated carbocycles. The Balaban J connectivity index is 1.69. The average Bonchev–Trinajstić information content (AvgIpc) is 3.01. The van der Waals surface area contributed by atoms with Crippen LogP contribution < -0.4 is 10.7 Å². The van der Waals surface area contributed by atoms with Crippen LogP contribution in [-0.4, -0.2) is 28.4 Å². The highest BCUT2D eigenvalue weighted by Gasteiger charge is 2.30. The summed E-state index contributed by atoms with van der Waals surface area (Å²) in [5, 5.41) is 10.6. The van der Waals surface area contributed by atoms with E-state index in [1.807, 2.05) is 0 Å². The summed E-state index contributed by atoms with van der Waals surface area (Å²) in [5.41, 5.74) is 2.43. The zero-order valence-corrected chi connectivity index (χ0v) is 16.8. The second kappa shape index (κ2) is 9.17. The highest BCUT2D eigenvalue weighted by Crippen LogP contribution is 2.31. The number of rotatable bonds is 6. The number of anilines is 1. The highest BCUT2D eigenvalue weighted by atomic mass is 35.5. The van der Waals surface area contributed by atoms with Crippen molar-refractivity contribution in [3.8, 4) is 5.69 Å². The van der Waals surface area contributed by atoms with E-state index in [2.05, 4.69) is 20.9 Å². The number of amides is 1. The highest BCUT2D eigenvalue weighted by molar-refractivity contribution is 6.32. The molecule has 0 unspecified atom stereocenters. The minimum atomic E-state index is -4.50. The Morgan fingerprint density at radius 1 is 1.23 bits per heavy atom. The van der Waals surface area contributed by atoms with Gasteiger partial charge in [-0.1, -0.05) is 29.8 Å². The van der Waals surface area contributed by atoms with Crippen molar-refractivity contribution in [2.45, 2.75) is 13.1 Å². The van der Waals surface area contributed by atoms with Gasteiger partial charge in [-0.25, -0.2) is 14.5 Å². The van der Waals surface area contributed by atoms with Gasteiger partial charge in [-0.3, -0.25) is 4.79 Å². The second-order valence-electron chi connectivity index (χ2n) is 6.38. The fourth-order valence-corrected chi connectivity index (χ4v) is 2.95. The first-order valence-electron chi connectivity index (χ1n) is 8.90. The zero-order chi connectivity index (χ0) is 22.6. The Bertz CT molecular complexity index is 1130. The second-order valence-corrected chi connectivity index (χ2v) is 6.73. The molecule has 0 radical (unpaired) electrons. The fourth-order valence-electron chi connectivity index (χ4n) is 2.63. The molecule has 0 fully saturated rings. The van der Waals surface area contributed by atoms with E-state index in [1.165, 1.54) is 36.5 Å². The zero-order valence-electron chi connectivity index (χ0n) is 16.0. The van der Waals surface area contributed by atoms with Crippen molar-refractivity contribution in [3.05, 3.63) is 76.3 Å². The summed E-state index contributed by atoms with van der Waals surface area (Å²) in [4.78, 5) is 11.9. The van der Waals surface area contributed by atoms with Crippen LogP contribution in [0.15, 0.2) is 53.6 Å². The van der Waals surface area contributed by atoms with E-state index in [0.29, 0.717) is 11.3 Å². The average molecular weight is 454 g/mol. The standard InChI is InChI=1S/C20H16ClF4N5O/c1-12-15(10-27-28-18(31)11-26-17-8-3-2-7-16(17)22)19(21)30(29-12)14-6-4-5-13(9-14)20(23,24)25/h2-10,26H,11H2,1H3,(H,28,31)/b27-10-. The van der Waals surface area contributed by atoms with E-state index >= 15 is 0 Å². The molecule has 2 aromatic carbocycles. The number of aryl methyl sites for hydroxylation is 1. The third-order valence-electron chi connectivity index (χ3n) is 4.16. The van der Waals surface area contributed by atoms with E-state index in [0.717, 1.165) is 16.8 Å². The molecule has 162 valence electrons. The molecule has 6 nitrogen and oxygen atoms in total. The fraction of sp³-hybridized carbons (Fsp3) is 0.150. The van der Waals surface area contributed by atoms with Crippen LogP contribution in [0.4, 0.5) is 23.2 Å². The van der Waals surface area contributed by atoms with Crippen LogP contribution in [0, 0.1) is 12.7 Å². The Kier molecular flexibility index (Phi) is 6.59. The molecule has 1 aromatic heterocycles. The van der Waals surface area contributed by atoms with Gasteiger partial charge in [-0.15, -0.1) is 0 Å². The quantitative estimate of drug-likeness (QED) is 0.327. The molecule has 1 amide bonds. The summed E-state index contributed by atoms with van der Waals surface area (Å²) < 4.78 is 53.5. The van der Waals surface area contributed by atoms with E-state index < -0.39 is 23.5 Å². The van der Waals surface area contributed by atoms with Crippen molar-refractivity contribution < 1.29 is 22.4 Å². The Morgan fingerprint density at radius 2 is 1.97 bits per heavy atom. The number of nitrogens with one attached hydrogen (secondary N) is 2. The molecule has 0 atom stereocenters. The Labute approximate surface area is 179 Å². The number of carbonyl (C=O) groups excluding carboxylic acids is 1. The number of benzene rings is 2. The van der Waals surface area contributed by atoms with Gasteiger partial charge in [-0.2, -0.15) is 23.4 Å². The first kappa shape index (κ1) is 22.3. The molecule has 0 bridgehead atoms. The van der Waals surface area contributed by atoms with Crippen LogP contribution in [0.25, 0.3) is 5.69 Å². The SMILES string of the molecule is Cc1nn(-c2cccc(C(F)(F)F)c2)c(Cl)c1/C=N\NC(=O)CNc1ccccc1F. The monoisotopic (exact) mass is 453 g/mol. The number of hydrogen-bond donors (Lipinski definition) is 2. The molecule has 31 heavy (non-hydrogen) atoms. The van der Waals surface area contributed by atoms with E-state index in [1.54, 1.807) is 13.0 Å². The lowest BCUT2D eigenvalue weighted by Gasteiger charge is -2.09. The lowest BCUT2D eigenvalue weighted by Crippen LogP contribution is -2.26. The van der Waals surface area contributed by atoms with Gasteiger partial charge in [0.25, 0.3) is 5.91 Å². The number of hydrogen-bond acceptors (Lipinski definition) is 4. The predicted octanol–water partition coefficient (Wildman–Crippen LogP) is 4.55. The number of nitrogens with zero attached hydrogens (tertiary/aromatic N) is 3. The predicted molar refractivity (Wildman–Crippen MR) is 109 cm³/mol. The Hall–Kier alpha value is -3.40. The molecule has 3 rings (SSSR count). The van der Waals surface area contributed by atoms with E-state index in [9.17, 15) is 22.4 Å². The van der Waals surface area contributed by atoms with Gasteiger partial charge in [0.15, 0.2) is 0 Å². The molecule has 0 aliphatic heterocycles. The van der Waals surface area contributed by atoms with Crippen LogP contribution in [0.5, 0.6) is 0 Å². The van der Waals surface area contributed by atoms with E-state index in [-0.39, 0.29) is 23.1 Å². The van der Waals surface area contributed by atoms with Gasteiger partial charge < -0.3 is 5.32 Å². The number of aromatic nitrogens is 2. The first-order chi connectivity index (χ1) is 14.7. The molecule has 0 aliphatic carbocycles. The molecule has 11 heteroatoms. The maximum Gasteiger partial charge on any atom is 0.416 e. The lowest BCUT2D eigenvalue weighted by atomic mass is 10.2. The summed E-state index contributed by atoms with van der Waals surface area (Å²) in [6, 6.07) is 10.4. The molecule has 2 N–H and O–H groups in total. The molecule has 0 spiro atoms. The van der Waals surface area contributed by atoms with E-state index in [4.69, 9.17) is 11.6 Å². The smallest absolute Gasteiger partial charge is 0.374 e. The van der Waals surface area contributed by atoms with Gasteiger partial charge in [0.05, 0.1) is 41.0 Å². The summed E-state index contributed by atoms with van der Waals surface area (Å²) in [6.45, 7) is 1.37. The number of alkyl halides is 3. The summed E-state index contributed by atoms with van der Waals surface area (Å²) in [6.07, 6.45) is -3.27. The van der Waals surface area contributed by atoms with Crippen LogP contribution in [0.3, 0.4) is 0 Å². The summed E-state index contributed by atoms with van der Waals surface area (Å²) in [7, 11) is 0. The maximum absolute atomic E-state index is 13.5. The van der Waals surface area contributed by atoms with Crippen molar-refractivity contribution >= 4 is 29.4 Å². The largest absolute Gasteiger partial charge is 0.416 e. The van der Waals surface area contributed by atoms with Crippen LogP contribution in [-0.2, 0) is 11.0 Å². The molecular weight excluding hydrogens is 438 g/mol. The molecule has 3 aromatic rings.